The van der Waals surface area contributed by atoms with Gasteiger partial charge in [0.2, 0.25) is 0 Å². The zero-order valence-electron chi connectivity index (χ0n) is 13.1. The molecule has 0 aliphatic rings. The maximum Gasteiger partial charge on any atom is 0.265 e. The number of hydrogen-bond acceptors (Lipinski definition) is 5. The van der Waals surface area contributed by atoms with Crippen LogP contribution in [0.3, 0.4) is 0 Å². The molecule has 0 saturated carbocycles. The van der Waals surface area contributed by atoms with Gasteiger partial charge in [-0.3, -0.25) is 0 Å². The highest BCUT2D eigenvalue weighted by atomic mass is 79.9. The van der Waals surface area contributed by atoms with Crippen molar-refractivity contribution < 1.29 is 4.39 Å². The van der Waals surface area contributed by atoms with Crippen LogP contribution in [-0.4, -0.2) is 26.0 Å². The zero-order valence-corrected chi connectivity index (χ0v) is 14.7. The second-order valence-corrected chi connectivity index (χ2v) is 6.37. The molecule has 0 spiro atoms. The number of nitrogens with one attached hydrogen (secondary N) is 1. The maximum absolute atomic E-state index is 13.1. The molecule has 0 atom stereocenters. The molecule has 2 aromatic heterocycles. The number of benzene rings is 2. The van der Waals surface area contributed by atoms with E-state index in [1.165, 1.54) is 18.3 Å². The van der Waals surface area contributed by atoms with Gasteiger partial charge in [-0.25, -0.2) is 9.82 Å². The number of hydrazone groups is 1. The quantitative estimate of drug-likeness (QED) is 0.420. The lowest BCUT2D eigenvalue weighted by atomic mass is 10.2. The van der Waals surface area contributed by atoms with E-state index in [-0.39, 0.29) is 11.8 Å². The Balaban J connectivity index is 1.67. The van der Waals surface area contributed by atoms with Crippen molar-refractivity contribution in [3.05, 3.63) is 58.3 Å². The van der Waals surface area contributed by atoms with Gasteiger partial charge in [-0.2, -0.15) is 10.1 Å². The number of rotatable bonds is 3. The van der Waals surface area contributed by atoms with Crippen molar-refractivity contribution in [1.82, 2.24) is 19.7 Å². The van der Waals surface area contributed by atoms with E-state index in [0.29, 0.717) is 11.2 Å². The first kappa shape index (κ1) is 15.6. The summed E-state index contributed by atoms with van der Waals surface area (Å²) in [7, 11) is 1.92. The van der Waals surface area contributed by atoms with Gasteiger partial charge in [-0.15, -0.1) is 10.2 Å². The van der Waals surface area contributed by atoms with Crippen molar-refractivity contribution in [2.75, 3.05) is 5.43 Å². The molecule has 0 aliphatic carbocycles. The van der Waals surface area contributed by atoms with E-state index in [1.807, 2.05) is 29.8 Å². The SMILES string of the molecule is Cn1c2ccc(Br)cc2c2nnc(N/N=C/c3cccc(F)c3)nc21. The molecular weight excluding hydrogens is 387 g/mol. The van der Waals surface area contributed by atoms with Crippen LogP contribution in [0.15, 0.2) is 52.0 Å². The number of anilines is 1. The Morgan fingerprint density at radius 3 is 2.92 bits per heavy atom. The van der Waals surface area contributed by atoms with Crippen molar-refractivity contribution in [2.24, 2.45) is 12.1 Å². The molecular formula is C17H12BrFN6. The molecule has 6 nitrogen and oxygen atoms in total. The number of aromatic nitrogens is 4. The molecule has 8 heteroatoms. The third-order valence-corrected chi connectivity index (χ3v) is 4.28. The van der Waals surface area contributed by atoms with Crippen molar-refractivity contribution in [3.63, 3.8) is 0 Å². The van der Waals surface area contributed by atoms with Gasteiger partial charge in [-0.1, -0.05) is 28.1 Å². The molecule has 0 aliphatic heterocycles. The van der Waals surface area contributed by atoms with Gasteiger partial charge in [0.25, 0.3) is 5.95 Å². The second kappa shape index (κ2) is 6.21. The van der Waals surface area contributed by atoms with Gasteiger partial charge in [-0.05, 0) is 35.9 Å². The number of hydrogen-bond donors (Lipinski definition) is 1. The van der Waals surface area contributed by atoms with Crippen LogP contribution in [0, 0.1) is 5.82 Å². The fourth-order valence-corrected chi connectivity index (χ4v) is 2.99. The van der Waals surface area contributed by atoms with E-state index < -0.39 is 0 Å². The van der Waals surface area contributed by atoms with E-state index in [0.717, 1.165) is 20.9 Å². The van der Waals surface area contributed by atoms with Gasteiger partial charge in [0.1, 0.15) is 11.3 Å². The summed E-state index contributed by atoms with van der Waals surface area (Å²) in [4.78, 5) is 4.47. The van der Waals surface area contributed by atoms with Gasteiger partial charge < -0.3 is 4.57 Å². The van der Waals surface area contributed by atoms with Crippen LogP contribution in [0.25, 0.3) is 22.1 Å². The van der Waals surface area contributed by atoms with Gasteiger partial charge in [0.05, 0.1) is 11.7 Å². The first-order chi connectivity index (χ1) is 12.1. The fourth-order valence-electron chi connectivity index (χ4n) is 2.63. The highest BCUT2D eigenvalue weighted by molar-refractivity contribution is 9.10. The summed E-state index contributed by atoms with van der Waals surface area (Å²) >= 11 is 3.47. The van der Waals surface area contributed by atoms with E-state index in [2.05, 4.69) is 41.6 Å². The molecule has 0 amide bonds. The molecule has 0 fully saturated rings. The van der Waals surface area contributed by atoms with E-state index in [1.54, 1.807) is 12.1 Å². The molecule has 4 rings (SSSR count). The minimum atomic E-state index is -0.315. The summed E-state index contributed by atoms with van der Waals surface area (Å²) < 4.78 is 16.1. The van der Waals surface area contributed by atoms with Crippen molar-refractivity contribution in [1.29, 1.82) is 0 Å². The summed E-state index contributed by atoms with van der Waals surface area (Å²) in [6.45, 7) is 0. The summed E-state index contributed by atoms with van der Waals surface area (Å²) in [5.74, 6) is -0.0462. The lowest BCUT2D eigenvalue weighted by Crippen LogP contribution is -2.00. The molecule has 0 radical (unpaired) electrons. The standard InChI is InChI=1S/C17H12BrFN6/c1-25-14-6-5-11(18)8-13(14)15-16(25)21-17(24-22-15)23-20-9-10-3-2-4-12(19)7-10/h2-9H,1H3,(H,21,23,24)/b20-9+. The molecule has 2 heterocycles. The number of nitrogens with zero attached hydrogens (tertiary/aromatic N) is 5. The topological polar surface area (TPSA) is 68.0 Å². The van der Waals surface area contributed by atoms with Gasteiger partial charge in [0, 0.05) is 16.9 Å². The summed E-state index contributed by atoms with van der Waals surface area (Å²) in [5, 5.41) is 13.3. The highest BCUT2D eigenvalue weighted by Crippen LogP contribution is 2.27. The van der Waals surface area contributed by atoms with Crippen LogP contribution in [0.4, 0.5) is 10.3 Å². The van der Waals surface area contributed by atoms with E-state index in [4.69, 9.17) is 0 Å². The Kier molecular flexibility index (Phi) is 3.89. The van der Waals surface area contributed by atoms with Crippen LogP contribution in [0.2, 0.25) is 0 Å². The lowest BCUT2D eigenvalue weighted by molar-refractivity contribution is 0.627. The van der Waals surface area contributed by atoms with Gasteiger partial charge in [0.15, 0.2) is 5.65 Å². The number of fused-ring (bicyclic) bond motifs is 3. The summed E-state index contributed by atoms with van der Waals surface area (Å²) in [5.41, 5.74) is 5.80. The maximum atomic E-state index is 13.1. The average Bonchev–Trinajstić information content (AvgIpc) is 2.87. The molecule has 1 N–H and O–H groups in total. The van der Waals surface area contributed by atoms with Crippen LogP contribution in [0.1, 0.15) is 5.56 Å². The first-order valence-corrected chi connectivity index (χ1v) is 8.24. The molecule has 0 bridgehead atoms. The first-order valence-electron chi connectivity index (χ1n) is 7.45. The summed E-state index contributed by atoms with van der Waals surface area (Å²) in [6, 6.07) is 12.1. The van der Waals surface area contributed by atoms with Gasteiger partial charge >= 0.3 is 0 Å². The molecule has 0 unspecified atom stereocenters. The lowest BCUT2D eigenvalue weighted by Gasteiger charge is -1.99. The Labute approximate surface area is 150 Å². The minimum absolute atomic E-state index is 0.269. The average molecular weight is 399 g/mol. The minimum Gasteiger partial charge on any atom is -0.327 e. The molecule has 2 aromatic carbocycles. The predicted molar refractivity (Wildman–Crippen MR) is 99.1 cm³/mol. The van der Waals surface area contributed by atoms with Crippen molar-refractivity contribution in [3.8, 4) is 0 Å². The van der Waals surface area contributed by atoms with Crippen LogP contribution in [0.5, 0.6) is 0 Å². The van der Waals surface area contributed by atoms with E-state index in [9.17, 15) is 4.39 Å². The van der Waals surface area contributed by atoms with Crippen LogP contribution < -0.4 is 5.43 Å². The van der Waals surface area contributed by atoms with E-state index >= 15 is 0 Å². The fraction of sp³-hybridized carbons (Fsp3) is 0.0588. The zero-order chi connectivity index (χ0) is 17.4. The third-order valence-electron chi connectivity index (χ3n) is 3.79. The third kappa shape index (κ3) is 2.96. The number of halogens is 2. The summed E-state index contributed by atoms with van der Waals surface area (Å²) in [6.07, 6.45) is 1.50. The van der Waals surface area contributed by atoms with Crippen molar-refractivity contribution >= 4 is 50.2 Å². The molecule has 124 valence electrons. The van der Waals surface area contributed by atoms with Crippen molar-refractivity contribution in [2.45, 2.75) is 0 Å². The highest BCUT2D eigenvalue weighted by Gasteiger charge is 2.12. The Morgan fingerprint density at radius 1 is 1.20 bits per heavy atom. The predicted octanol–water partition coefficient (Wildman–Crippen LogP) is 3.86. The normalized spacial score (nSPS) is 11.6. The molecule has 0 saturated heterocycles. The Bertz CT molecular complexity index is 1120. The molecule has 25 heavy (non-hydrogen) atoms. The molecule has 4 aromatic rings. The second-order valence-electron chi connectivity index (χ2n) is 5.45. The largest absolute Gasteiger partial charge is 0.327 e. The smallest absolute Gasteiger partial charge is 0.265 e. The van der Waals surface area contributed by atoms with Crippen LogP contribution in [-0.2, 0) is 7.05 Å². The monoisotopic (exact) mass is 398 g/mol. The number of aryl methyl sites for hydroxylation is 1. The Hall–Kier alpha value is -2.87. The Morgan fingerprint density at radius 2 is 2.08 bits per heavy atom. The van der Waals surface area contributed by atoms with Crippen LogP contribution >= 0.6 is 15.9 Å².